The van der Waals surface area contributed by atoms with Crippen molar-refractivity contribution < 1.29 is 19.0 Å². The van der Waals surface area contributed by atoms with Gasteiger partial charge in [0.05, 0.1) is 19.3 Å². The Morgan fingerprint density at radius 3 is 2.58 bits per heavy atom. The monoisotopic (exact) mass is 349 g/mol. The molecule has 0 atom stereocenters. The number of aliphatic imine (C=N–C) groups is 1. The van der Waals surface area contributed by atoms with E-state index in [9.17, 15) is 4.79 Å². The van der Waals surface area contributed by atoms with E-state index in [-0.39, 0.29) is 11.6 Å². The minimum Gasteiger partial charge on any atom is -0.496 e. The van der Waals surface area contributed by atoms with E-state index in [2.05, 4.69) is 4.99 Å². The second-order valence-corrected chi connectivity index (χ2v) is 5.39. The summed E-state index contributed by atoms with van der Waals surface area (Å²) in [5.41, 5.74) is 1.79. The molecule has 1 aliphatic rings. The van der Waals surface area contributed by atoms with Crippen LogP contribution in [0.5, 0.6) is 11.5 Å². The average molecular weight is 349 g/mol. The SMILES string of the molecule is CCOc1ccccc1C1=N/C(=C\C=C\c2ccccc2OC)C(=O)O1. The topological polar surface area (TPSA) is 57.1 Å². The van der Waals surface area contributed by atoms with Crippen molar-refractivity contribution in [3.05, 3.63) is 77.5 Å². The van der Waals surface area contributed by atoms with Crippen LogP contribution in [0.1, 0.15) is 18.1 Å². The van der Waals surface area contributed by atoms with E-state index >= 15 is 0 Å². The van der Waals surface area contributed by atoms with Crippen LogP contribution >= 0.6 is 0 Å². The molecule has 5 nitrogen and oxygen atoms in total. The second-order valence-electron chi connectivity index (χ2n) is 5.39. The minimum absolute atomic E-state index is 0.234. The van der Waals surface area contributed by atoms with Gasteiger partial charge in [-0.1, -0.05) is 42.5 Å². The summed E-state index contributed by atoms with van der Waals surface area (Å²) >= 11 is 0. The Hall–Kier alpha value is -3.34. The molecule has 0 fully saturated rings. The molecule has 1 heterocycles. The first-order chi connectivity index (χ1) is 12.7. The van der Waals surface area contributed by atoms with Crippen molar-refractivity contribution in [3.8, 4) is 11.5 Å². The van der Waals surface area contributed by atoms with Crippen LogP contribution in [-0.2, 0) is 9.53 Å². The fraction of sp³-hybridized carbons (Fsp3) is 0.143. The predicted octanol–water partition coefficient (Wildman–Crippen LogP) is 3.99. The summed E-state index contributed by atoms with van der Waals surface area (Å²) in [6.45, 7) is 2.41. The Morgan fingerprint density at radius 2 is 1.81 bits per heavy atom. The number of nitrogens with zero attached hydrogens (tertiary/aromatic N) is 1. The summed E-state index contributed by atoms with van der Waals surface area (Å²) < 4.78 is 16.2. The lowest BCUT2D eigenvalue weighted by Gasteiger charge is -2.08. The lowest BCUT2D eigenvalue weighted by atomic mass is 10.2. The van der Waals surface area contributed by atoms with Crippen LogP contribution in [0.25, 0.3) is 6.08 Å². The molecule has 2 aromatic rings. The zero-order valence-corrected chi connectivity index (χ0v) is 14.6. The summed E-state index contributed by atoms with van der Waals surface area (Å²) in [5.74, 6) is 1.14. The van der Waals surface area contributed by atoms with Gasteiger partial charge in [0.2, 0.25) is 5.90 Å². The maximum atomic E-state index is 12.1. The second kappa shape index (κ2) is 8.16. The highest BCUT2D eigenvalue weighted by molar-refractivity contribution is 6.12. The molecule has 0 spiro atoms. The van der Waals surface area contributed by atoms with Crippen molar-refractivity contribution in [2.45, 2.75) is 6.92 Å². The number of hydrogen-bond acceptors (Lipinski definition) is 5. The molecule has 132 valence electrons. The van der Waals surface area contributed by atoms with Crippen molar-refractivity contribution in [3.63, 3.8) is 0 Å². The van der Waals surface area contributed by atoms with Gasteiger partial charge in [0.1, 0.15) is 11.5 Å². The number of para-hydroxylation sites is 2. The first-order valence-corrected chi connectivity index (χ1v) is 8.27. The van der Waals surface area contributed by atoms with E-state index < -0.39 is 5.97 Å². The van der Waals surface area contributed by atoms with Gasteiger partial charge in [0.25, 0.3) is 0 Å². The first kappa shape index (κ1) is 17.5. The first-order valence-electron chi connectivity index (χ1n) is 8.27. The number of carbonyl (C=O) groups excluding carboxylic acids is 1. The normalized spacial score (nSPS) is 15.2. The lowest BCUT2D eigenvalue weighted by Crippen LogP contribution is -2.07. The quantitative estimate of drug-likeness (QED) is 0.584. The molecule has 1 aliphatic heterocycles. The molecule has 0 saturated heterocycles. The standard InChI is InChI=1S/C21H19NO4/c1-3-25-19-14-7-5-11-16(19)20-22-17(21(23)26-20)12-8-10-15-9-4-6-13-18(15)24-2/h4-14H,3H2,1-2H3/b10-8+,17-12-. The largest absolute Gasteiger partial charge is 0.496 e. The van der Waals surface area contributed by atoms with Crippen LogP contribution in [0.2, 0.25) is 0 Å². The number of allylic oxidation sites excluding steroid dienone is 2. The number of benzene rings is 2. The number of hydrogen-bond donors (Lipinski definition) is 0. The molecule has 0 bridgehead atoms. The smallest absolute Gasteiger partial charge is 0.363 e. The van der Waals surface area contributed by atoms with Crippen LogP contribution in [0.4, 0.5) is 0 Å². The van der Waals surface area contributed by atoms with Crippen molar-refractivity contribution >= 4 is 17.9 Å². The number of cyclic esters (lactones) is 1. The maximum Gasteiger partial charge on any atom is 0.363 e. The Labute approximate surface area is 152 Å². The van der Waals surface area contributed by atoms with E-state index in [4.69, 9.17) is 14.2 Å². The molecule has 0 aliphatic carbocycles. The molecule has 0 N–H and O–H groups in total. The number of rotatable bonds is 6. The maximum absolute atomic E-state index is 12.1. The van der Waals surface area contributed by atoms with Crippen LogP contribution in [-0.4, -0.2) is 25.6 Å². The van der Waals surface area contributed by atoms with Gasteiger partial charge in [-0.2, -0.15) is 0 Å². The van der Waals surface area contributed by atoms with Crippen LogP contribution in [0.3, 0.4) is 0 Å². The highest BCUT2D eigenvalue weighted by Crippen LogP contribution is 2.24. The average Bonchev–Trinajstić information content (AvgIpc) is 3.03. The molecule has 5 heteroatoms. The fourth-order valence-corrected chi connectivity index (χ4v) is 2.51. The Balaban J connectivity index is 1.84. The Morgan fingerprint density at radius 1 is 1.08 bits per heavy atom. The van der Waals surface area contributed by atoms with E-state index in [0.717, 1.165) is 11.3 Å². The molecule has 0 saturated carbocycles. The Bertz CT molecular complexity index is 896. The van der Waals surface area contributed by atoms with Gasteiger partial charge in [0, 0.05) is 5.56 Å². The van der Waals surface area contributed by atoms with Gasteiger partial charge in [-0.05, 0) is 31.2 Å². The molecule has 0 amide bonds. The lowest BCUT2D eigenvalue weighted by molar-refractivity contribution is -0.130. The molecular formula is C21H19NO4. The summed E-state index contributed by atoms with van der Waals surface area (Å²) in [6, 6.07) is 14.9. The molecular weight excluding hydrogens is 330 g/mol. The van der Waals surface area contributed by atoms with Gasteiger partial charge < -0.3 is 14.2 Å². The van der Waals surface area contributed by atoms with Crippen molar-refractivity contribution in [2.75, 3.05) is 13.7 Å². The molecule has 0 aromatic heterocycles. The van der Waals surface area contributed by atoms with Gasteiger partial charge in [0.15, 0.2) is 5.70 Å². The third kappa shape index (κ3) is 3.83. The van der Waals surface area contributed by atoms with Gasteiger partial charge >= 0.3 is 5.97 Å². The van der Waals surface area contributed by atoms with E-state index in [1.807, 2.05) is 61.5 Å². The number of ether oxygens (including phenoxy) is 3. The predicted molar refractivity (Wildman–Crippen MR) is 100 cm³/mol. The van der Waals surface area contributed by atoms with E-state index in [1.165, 1.54) is 0 Å². The van der Waals surface area contributed by atoms with Crippen LogP contribution in [0.15, 0.2) is 71.4 Å². The zero-order chi connectivity index (χ0) is 18.4. The fourth-order valence-electron chi connectivity index (χ4n) is 2.51. The van der Waals surface area contributed by atoms with Crippen LogP contribution < -0.4 is 9.47 Å². The van der Waals surface area contributed by atoms with Gasteiger partial charge in [-0.25, -0.2) is 9.79 Å². The van der Waals surface area contributed by atoms with Crippen molar-refractivity contribution in [1.29, 1.82) is 0 Å². The Kier molecular flexibility index (Phi) is 5.49. The minimum atomic E-state index is -0.490. The summed E-state index contributed by atoms with van der Waals surface area (Å²) in [7, 11) is 1.62. The molecule has 2 aromatic carbocycles. The summed E-state index contributed by atoms with van der Waals surface area (Å²) in [5, 5.41) is 0. The number of methoxy groups -OCH3 is 1. The highest BCUT2D eigenvalue weighted by atomic mass is 16.6. The van der Waals surface area contributed by atoms with Gasteiger partial charge in [-0.15, -0.1) is 0 Å². The molecule has 3 rings (SSSR count). The molecule has 0 radical (unpaired) electrons. The van der Waals surface area contributed by atoms with E-state index in [0.29, 0.717) is 17.9 Å². The van der Waals surface area contributed by atoms with Gasteiger partial charge in [-0.3, -0.25) is 0 Å². The van der Waals surface area contributed by atoms with Crippen LogP contribution in [0, 0.1) is 0 Å². The third-order valence-corrected chi connectivity index (χ3v) is 3.71. The highest BCUT2D eigenvalue weighted by Gasteiger charge is 2.25. The van der Waals surface area contributed by atoms with Crippen molar-refractivity contribution in [1.82, 2.24) is 0 Å². The number of carbonyl (C=O) groups is 1. The molecule has 0 unspecified atom stereocenters. The zero-order valence-electron chi connectivity index (χ0n) is 14.6. The number of esters is 1. The summed E-state index contributed by atoms with van der Waals surface area (Å²) in [4.78, 5) is 16.4. The summed E-state index contributed by atoms with van der Waals surface area (Å²) in [6.07, 6.45) is 5.21. The molecule has 26 heavy (non-hydrogen) atoms. The third-order valence-electron chi connectivity index (χ3n) is 3.71. The van der Waals surface area contributed by atoms with Crippen molar-refractivity contribution in [2.24, 2.45) is 4.99 Å². The van der Waals surface area contributed by atoms with E-state index in [1.54, 1.807) is 19.3 Å².